The molecule has 0 radical (unpaired) electrons. The van der Waals surface area contributed by atoms with Crippen molar-refractivity contribution < 1.29 is 26.2 Å². The number of para-hydroxylation sites is 1. The van der Waals surface area contributed by atoms with Crippen LogP contribution in [0.2, 0.25) is 0 Å². The fourth-order valence-corrected chi connectivity index (χ4v) is 6.27. The molecule has 45 heavy (non-hydrogen) atoms. The summed E-state index contributed by atoms with van der Waals surface area (Å²) in [5.41, 5.74) is 7.82. The third-order valence-corrected chi connectivity index (χ3v) is 8.42. The van der Waals surface area contributed by atoms with Crippen LogP contribution in [0.1, 0.15) is 50.7 Å². The van der Waals surface area contributed by atoms with E-state index < -0.39 is 0 Å². The number of hydrogen-bond acceptors (Lipinski definition) is 3. The predicted molar refractivity (Wildman–Crippen MR) is 181 cm³/mol. The summed E-state index contributed by atoms with van der Waals surface area (Å²) in [6.45, 7) is 8.96. The van der Waals surface area contributed by atoms with Crippen molar-refractivity contribution in [2.75, 3.05) is 0 Å². The Morgan fingerprint density at radius 3 is 2.07 bits per heavy atom. The van der Waals surface area contributed by atoms with Crippen LogP contribution in [0.15, 0.2) is 116 Å². The van der Waals surface area contributed by atoms with E-state index in [0.29, 0.717) is 11.8 Å². The Kier molecular flexibility index (Phi) is 8.44. The Balaban J connectivity index is 0.00000357. The number of pyridine rings is 1. The van der Waals surface area contributed by atoms with Crippen molar-refractivity contribution in [3.63, 3.8) is 0 Å². The Hall–Kier alpha value is -4.53. The minimum Gasteiger partial charge on any atom is -0.507 e. The molecule has 0 unspecified atom stereocenters. The normalized spacial score (nSPS) is 11.4. The number of benzene rings is 5. The van der Waals surface area contributed by atoms with Gasteiger partial charge in [0.2, 0.25) is 0 Å². The van der Waals surface area contributed by atoms with E-state index in [1.165, 1.54) is 16.8 Å². The van der Waals surface area contributed by atoms with E-state index in [1.807, 2.05) is 42.6 Å². The summed E-state index contributed by atoms with van der Waals surface area (Å²) in [5, 5.41) is 15.2. The van der Waals surface area contributed by atoms with Crippen LogP contribution in [0.4, 0.5) is 0 Å². The first-order chi connectivity index (χ1) is 21.4. The second kappa shape index (κ2) is 12.5. The Morgan fingerprint density at radius 2 is 1.33 bits per heavy atom. The summed E-state index contributed by atoms with van der Waals surface area (Å²) in [7, 11) is 0. The monoisotopic (exact) mass is 767 g/mol. The number of phenols is 1. The zero-order valence-corrected chi connectivity index (χ0v) is 28.0. The summed E-state index contributed by atoms with van der Waals surface area (Å²) in [6, 6.07) is 38.6. The minimum atomic E-state index is 0. The summed E-state index contributed by atoms with van der Waals surface area (Å²) in [4.78, 5) is 10.1. The van der Waals surface area contributed by atoms with Crippen molar-refractivity contribution in [3.8, 4) is 45.3 Å². The van der Waals surface area contributed by atoms with Gasteiger partial charge in [-0.05, 0) is 56.6 Å². The van der Waals surface area contributed by atoms with Gasteiger partial charge in [0.1, 0.15) is 5.75 Å². The zero-order valence-electron chi connectivity index (χ0n) is 25.7. The van der Waals surface area contributed by atoms with Gasteiger partial charge < -0.3 is 9.67 Å². The molecule has 226 valence electrons. The second-order valence-corrected chi connectivity index (χ2v) is 12.0. The predicted octanol–water partition coefficient (Wildman–Crippen LogP) is 10.3. The number of aromatic nitrogens is 3. The van der Waals surface area contributed by atoms with Crippen LogP contribution in [-0.4, -0.2) is 19.6 Å². The van der Waals surface area contributed by atoms with E-state index in [2.05, 4.69) is 105 Å². The number of fused-ring (bicyclic) bond motifs is 2. The van der Waals surface area contributed by atoms with Gasteiger partial charge in [0.15, 0.2) is 0 Å². The van der Waals surface area contributed by atoms with Crippen LogP contribution in [0.25, 0.3) is 61.1 Å². The van der Waals surface area contributed by atoms with Crippen molar-refractivity contribution in [1.82, 2.24) is 14.5 Å². The molecule has 2 aromatic heterocycles. The molecule has 0 aliphatic carbocycles. The van der Waals surface area contributed by atoms with Crippen LogP contribution in [-0.2, 0) is 21.1 Å². The van der Waals surface area contributed by atoms with E-state index in [-0.39, 0.29) is 26.8 Å². The molecule has 5 heteroatoms. The van der Waals surface area contributed by atoms with Gasteiger partial charge in [-0.1, -0.05) is 112 Å². The first-order valence-electron chi connectivity index (χ1n) is 15.2. The molecular formula is C40H34N3OPt-. The molecule has 0 saturated heterocycles. The van der Waals surface area contributed by atoms with Crippen LogP contribution < -0.4 is 0 Å². The molecule has 4 nitrogen and oxygen atoms in total. The number of aromatic hydroxyl groups is 1. The fraction of sp³-hybridized carbons (Fsp3) is 0.150. The third-order valence-electron chi connectivity index (χ3n) is 8.42. The first kappa shape index (κ1) is 30.5. The summed E-state index contributed by atoms with van der Waals surface area (Å²) in [6.07, 6.45) is 3.93. The van der Waals surface area contributed by atoms with Crippen LogP contribution >= 0.6 is 0 Å². The Bertz CT molecular complexity index is 2140. The third kappa shape index (κ3) is 5.49. The van der Waals surface area contributed by atoms with Gasteiger partial charge in [0.05, 0.1) is 11.5 Å². The van der Waals surface area contributed by atoms with Crippen molar-refractivity contribution >= 4 is 21.5 Å². The largest absolute Gasteiger partial charge is 0.507 e. The smallest absolute Gasteiger partial charge is 0.125 e. The quantitative estimate of drug-likeness (QED) is 0.172. The van der Waals surface area contributed by atoms with Gasteiger partial charge in [0, 0.05) is 50.4 Å². The van der Waals surface area contributed by atoms with Crippen LogP contribution in [0.5, 0.6) is 5.75 Å². The van der Waals surface area contributed by atoms with E-state index in [1.54, 1.807) is 6.07 Å². The van der Waals surface area contributed by atoms with E-state index >= 15 is 0 Å². The van der Waals surface area contributed by atoms with Gasteiger partial charge in [-0.2, -0.15) is 0 Å². The molecule has 0 aliphatic heterocycles. The molecule has 0 aliphatic rings. The van der Waals surface area contributed by atoms with E-state index in [4.69, 9.17) is 9.97 Å². The van der Waals surface area contributed by atoms with E-state index in [9.17, 15) is 5.11 Å². The summed E-state index contributed by atoms with van der Waals surface area (Å²) < 4.78 is 2.22. The maximum absolute atomic E-state index is 11.1. The molecule has 0 amide bonds. The average Bonchev–Trinajstić information content (AvgIpc) is 3.53. The molecule has 7 rings (SSSR count). The maximum Gasteiger partial charge on any atom is 0.125 e. The molecule has 0 spiro atoms. The first-order valence-corrected chi connectivity index (χ1v) is 15.2. The number of phenolic OH excluding ortho intramolecular Hbond substituents is 1. The summed E-state index contributed by atoms with van der Waals surface area (Å²) in [5.74, 6) is 1.77. The topological polar surface area (TPSA) is 50.9 Å². The average molecular weight is 768 g/mol. The van der Waals surface area contributed by atoms with Crippen molar-refractivity contribution in [3.05, 3.63) is 133 Å². The van der Waals surface area contributed by atoms with E-state index in [0.717, 1.165) is 55.4 Å². The van der Waals surface area contributed by atoms with Crippen molar-refractivity contribution in [2.45, 2.75) is 39.5 Å². The van der Waals surface area contributed by atoms with Gasteiger partial charge in [-0.25, -0.2) is 0 Å². The molecule has 0 atom stereocenters. The molecule has 5 aromatic carbocycles. The maximum atomic E-state index is 11.1. The standard InChI is InChI=1S/C40H34N3O.Pt/c1-25(2)31-17-10-18-32(26(3)4)39(31)43-22-21-41-40(43)30-14-9-13-29(23-30)38-34-16-8-6-12-28(34)24-35(42-38)37-33-15-7-5-11-27(33)19-20-36(37)44;/h5-22,24-26,44H,1-4H3;/q-1;. The molecule has 2 heterocycles. The zero-order chi connectivity index (χ0) is 30.4. The van der Waals surface area contributed by atoms with Gasteiger partial charge in [-0.15, -0.1) is 24.3 Å². The molecule has 0 fully saturated rings. The molecular weight excluding hydrogens is 734 g/mol. The minimum absolute atomic E-state index is 0. The Morgan fingerprint density at radius 1 is 0.689 bits per heavy atom. The van der Waals surface area contributed by atoms with Crippen molar-refractivity contribution in [1.29, 1.82) is 0 Å². The number of imidazole rings is 1. The molecule has 7 aromatic rings. The number of nitrogens with zero attached hydrogens (tertiary/aromatic N) is 3. The SMILES string of the molecule is CC(C)c1cccc(C(C)C)c1-n1ccnc1-c1[c-]c(-c2nc(-c3c(O)ccc4ccccc34)cc3ccccc23)ccc1.[Pt]. The molecule has 0 bridgehead atoms. The van der Waals surface area contributed by atoms with Crippen molar-refractivity contribution in [2.24, 2.45) is 0 Å². The van der Waals surface area contributed by atoms with Crippen LogP contribution in [0.3, 0.4) is 0 Å². The van der Waals surface area contributed by atoms with Gasteiger partial charge >= 0.3 is 0 Å². The second-order valence-electron chi connectivity index (χ2n) is 12.0. The number of hydrogen-bond donors (Lipinski definition) is 1. The Labute approximate surface area is 278 Å². The molecule has 0 saturated carbocycles. The fourth-order valence-electron chi connectivity index (χ4n) is 6.27. The molecule has 1 N–H and O–H groups in total. The van der Waals surface area contributed by atoms with Gasteiger partial charge in [0.25, 0.3) is 0 Å². The van der Waals surface area contributed by atoms with Gasteiger partial charge in [-0.3, -0.25) is 9.97 Å². The summed E-state index contributed by atoms with van der Waals surface area (Å²) >= 11 is 0. The van der Waals surface area contributed by atoms with Crippen LogP contribution in [0, 0.1) is 6.07 Å². The number of rotatable bonds is 6.